The minimum absolute atomic E-state index is 0.164. The van der Waals surface area contributed by atoms with Gasteiger partial charge in [0.05, 0.1) is 11.2 Å². The molecule has 0 unspecified atom stereocenters. The Kier molecular flexibility index (Phi) is 2.16. The van der Waals surface area contributed by atoms with E-state index in [0.717, 1.165) is 0 Å². The summed E-state index contributed by atoms with van der Waals surface area (Å²) in [6.07, 6.45) is 0. The van der Waals surface area contributed by atoms with E-state index in [9.17, 15) is 9.18 Å². The number of fused-ring (bicyclic) bond motifs is 1. The molecule has 0 aliphatic rings. The van der Waals surface area contributed by atoms with Crippen molar-refractivity contribution in [3.8, 4) is 11.3 Å². The van der Waals surface area contributed by atoms with Gasteiger partial charge in [0.1, 0.15) is 11.2 Å². The van der Waals surface area contributed by atoms with Crippen LogP contribution in [0.3, 0.4) is 0 Å². The van der Waals surface area contributed by atoms with Gasteiger partial charge in [0.2, 0.25) is 0 Å². The second-order valence-electron chi connectivity index (χ2n) is 3.92. The molecule has 18 heavy (non-hydrogen) atoms. The number of pyridine rings is 1. The molecule has 2 aromatic heterocycles. The molecule has 0 bridgehead atoms. The number of hydrogen-bond donors (Lipinski definition) is 3. The first kappa shape index (κ1) is 10.5. The first-order chi connectivity index (χ1) is 8.65. The summed E-state index contributed by atoms with van der Waals surface area (Å²) >= 11 is 0. The lowest BCUT2D eigenvalue weighted by molar-refractivity contribution is 0.628. The zero-order valence-electron chi connectivity index (χ0n) is 9.20. The lowest BCUT2D eigenvalue weighted by Crippen LogP contribution is -2.07. The van der Waals surface area contributed by atoms with E-state index in [1.807, 2.05) is 0 Å². The highest BCUT2D eigenvalue weighted by Crippen LogP contribution is 2.20. The molecular formula is C12H9FN4O. The topological polar surface area (TPSA) is 87.6 Å². The van der Waals surface area contributed by atoms with Crippen molar-refractivity contribution in [3.05, 3.63) is 46.5 Å². The van der Waals surface area contributed by atoms with Gasteiger partial charge in [0, 0.05) is 0 Å². The van der Waals surface area contributed by atoms with Crippen molar-refractivity contribution in [3.63, 3.8) is 0 Å². The molecule has 2 heterocycles. The predicted molar refractivity (Wildman–Crippen MR) is 66.5 cm³/mol. The molecule has 0 fully saturated rings. The fraction of sp³-hybridized carbons (Fsp3) is 0. The van der Waals surface area contributed by atoms with Crippen LogP contribution >= 0.6 is 0 Å². The largest absolute Gasteiger partial charge is 0.382 e. The SMILES string of the molecule is Nc1n[nH]c2cc(-c3ccc(F)cc3)[nH]c(=O)c12. The smallest absolute Gasteiger partial charge is 0.261 e. The van der Waals surface area contributed by atoms with E-state index >= 15 is 0 Å². The number of anilines is 1. The Balaban J connectivity index is 2.25. The monoisotopic (exact) mass is 244 g/mol. The van der Waals surface area contributed by atoms with Crippen molar-refractivity contribution in [1.29, 1.82) is 0 Å². The number of nitrogen functional groups attached to an aromatic ring is 1. The summed E-state index contributed by atoms with van der Waals surface area (Å²) in [5.74, 6) is -0.162. The average Bonchev–Trinajstić information content (AvgIpc) is 2.72. The lowest BCUT2D eigenvalue weighted by atomic mass is 10.1. The van der Waals surface area contributed by atoms with E-state index in [2.05, 4.69) is 15.2 Å². The third kappa shape index (κ3) is 1.55. The number of nitrogens with zero attached hydrogens (tertiary/aromatic N) is 1. The Labute approximate surface area is 100 Å². The second-order valence-corrected chi connectivity index (χ2v) is 3.92. The van der Waals surface area contributed by atoms with Crippen LogP contribution in [0.2, 0.25) is 0 Å². The zero-order valence-corrected chi connectivity index (χ0v) is 9.20. The predicted octanol–water partition coefficient (Wildman–Crippen LogP) is 1.64. The Hall–Kier alpha value is -2.63. The fourth-order valence-electron chi connectivity index (χ4n) is 1.86. The molecule has 0 amide bonds. The van der Waals surface area contributed by atoms with Crippen LogP contribution in [0.25, 0.3) is 22.2 Å². The highest BCUT2D eigenvalue weighted by Gasteiger charge is 2.09. The standard InChI is InChI=1S/C12H9FN4O/c13-7-3-1-6(2-4-7)8-5-9-10(12(18)15-8)11(14)17-16-9/h1-5H,(H,15,18)(H3,14,16,17). The summed E-state index contributed by atoms with van der Waals surface area (Å²) in [7, 11) is 0. The highest BCUT2D eigenvalue weighted by atomic mass is 19.1. The second kappa shape index (κ2) is 3.69. The molecule has 0 radical (unpaired) electrons. The van der Waals surface area contributed by atoms with E-state index in [1.54, 1.807) is 18.2 Å². The van der Waals surface area contributed by atoms with Crippen molar-refractivity contribution in [2.24, 2.45) is 0 Å². The summed E-state index contributed by atoms with van der Waals surface area (Å²) in [4.78, 5) is 14.5. The molecule has 0 saturated heterocycles. The normalized spacial score (nSPS) is 10.9. The molecular weight excluding hydrogens is 235 g/mol. The minimum atomic E-state index is -0.326. The maximum atomic E-state index is 12.8. The van der Waals surface area contributed by atoms with E-state index in [1.165, 1.54) is 12.1 Å². The molecule has 0 aliphatic carbocycles. The Morgan fingerprint density at radius 1 is 1.22 bits per heavy atom. The van der Waals surface area contributed by atoms with Crippen LogP contribution in [0.15, 0.2) is 35.1 Å². The summed E-state index contributed by atoms with van der Waals surface area (Å²) in [6, 6.07) is 7.56. The van der Waals surface area contributed by atoms with Crippen LogP contribution in [-0.4, -0.2) is 15.2 Å². The van der Waals surface area contributed by atoms with Crippen LogP contribution in [0.5, 0.6) is 0 Å². The first-order valence-electron chi connectivity index (χ1n) is 5.28. The zero-order chi connectivity index (χ0) is 12.7. The number of nitrogens with one attached hydrogen (secondary N) is 2. The van der Waals surface area contributed by atoms with Crippen molar-refractivity contribution >= 4 is 16.7 Å². The third-order valence-electron chi connectivity index (χ3n) is 2.74. The lowest BCUT2D eigenvalue weighted by Gasteiger charge is -2.01. The molecule has 0 saturated carbocycles. The fourth-order valence-corrected chi connectivity index (χ4v) is 1.86. The number of hydrogen-bond acceptors (Lipinski definition) is 3. The first-order valence-corrected chi connectivity index (χ1v) is 5.28. The third-order valence-corrected chi connectivity index (χ3v) is 2.74. The molecule has 4 N–H and O–H groups in total. The van der Waals surface area contributed by atoms with Gasteiger partial charge in [-0.1, -0.05) is 0 Å². The van der Waals surface area contributed by atoms with E-state index in [0.29, 0.717) is 22.2 Å². The van der Waals surface area contributed by atoms with Gasteiger partial charge in [0.15, 0.2) is 5.82 Å². The van der Waals surface area contributed by atoms with Gasteiger partial charge >= 0.3 is 0 Å². The van der Waals surface area contributed by atoms with Gasteiger partial charge in [-0.05, 0) is 35.9 Å². The van der Waals surface area contributed by atoms with E-state index in [4.69, 9.17) is 5.73 Å². The number of rotatable bonds is 1. The van der Waals surface area contributed by atoms with Crippen LogP contribution in [-0.2, 0) is 0 Å². The number of halogens is 1. The molecule has 3 aromatic rings. The molecule has 5 nitrogen and oxygen atoms in total. The molecule has 0 atom stereocenters. The molecule has 0 spiro atoms. The van der Waals surface area contributed by atoms with E-state index < -0.39 is 0 Å². The van der Waals surface area contributed by atoms with Crippen molar-refractivity contribution < 1.29 is 4.39 Å². The van der Waals surface area contributed by atoms with Gasteiger partial charge in [-0.25, -0.2) is 4.39 Å². The summed E-state index contributed by atoms with van der Waals surface area (Å²) in [6.45, 7) is 0. The number of aromatic amines is 2. The number of H-pyrrole nitrogens is 2. The van der Waals surface area contributed by atoms with Gasteiger partial charge in [-0.3, -0.25) is 9.89 Å². The van der Waals surface area contributed by atoms with Crippen LogP contribution in [0.1, 0.15) is 0 Å². The van der Waals surface area contributed by atoms with Gasteiger partial charge in [-0.2, -0.15) is 5.10 Å². The molecule has 1 aromatic carbocycles. The molecule has 6 heteroatoms. The van der Waals surface area contributed by atoms with Crippen molar-refractivity contribution in [2.45, 2.75) is 0 Å². The van der Waals surface area contributed by atoms with Crippen LogP contribution in [0.4, 0.5) is 10.2 Å². The van der Waals surface area contributed by atoms with Gasteiger partial charge in [-0.15, -0.1) is 0 Å². The van der Waals surface area contributed by atoms with Crippen molar-refractivity contribution in [2.75, 3.05) is 5.73 Å². The number of aromatic nitrogens is 3. The number of benzene rings is 1. The van der Waals surface area contributed by atoms with Crippen LogP contribution in [0, 0.1) is 5.82 Å². The Morgan fingerprint density at radius 2 is 1.94 bits per heavy atom. The quantitative estimate of drug-likeness (QED) is 0.608. The summed E-state index contributed by atoms with van der Waals surface area (Å²) < 4.78 is 12.8. The Bertz CT molecular complexity index is 773. The minimum Gasteiger partial charge on any atom is -0.382 e. The molecule has 3 rings (SSSR count). The maximum Gasteiger partial charge on any atom is 0.261 e. The van der Waals surface area contributed by atoms with Gasteiger partial charge < -0.3 is 10.7 Å². The van der Waals surface area contributed by atoms with E-state index in [-0.39, 0.29) is 17.2 Å². The number of nitrogens with two attached hydrogens (primary N) is 1. The maximum absolute atomic E-state index is 12.8. The summed E-state index contributed by atoms with van der Waals surface area (Å²) in [5, 5.41) is 6.79. The Morgan fingerprint density at radius 3 is 2.67 bits per heavy atom. The molecule has 0 aliphatic heterocycles. The van der Waals surface area contributed by atoms with Crippen molar-refractivity contribution in [1.82, 2.24) is 15.2 Å². The molecule has 90 valence electrons. The average molecular weight is 244 g/mol. The highest BCUT2D eigenvalue weighted by molar-refractivity contribution is 5.89. The van der Waals surface area contributed by atoms with Gasteiger partial charge in [0.25, 0.3) is 5.56 Å². The summed E-state index contributed by atoms with van der Waals surface area (Å²) in [5.41, 5.74) is 7.10. The van der Waals surface area contributed by atoms with Crippen LogP contribution < -0.4 is 11.3 Å².